The van der Waals surface area contributed by atoms with Crippen molar-refractivity contribution < 1.29 is 32.3 Å². The maximum Gasteiger partial charge on any atom is 0.316 e. The van der Waals surface area contributed by atoms with Crippen LogP contribution < -0.4 is 4.90 Å². The zero-order valence-corrected chi connectivity index (χ0v) is 9.29. The molecule has 0 aliphatic carbocycles. The smallest absolute Gasteiger partial charge is 0.316 e. The number of carboxylic acids is 1. The molecule has 1 saturated heterocycles. The molecule has 0 bridgehead atoms. The van der Waals surface area contributed by atoms with Crippen LogP contribution in [0.15, 0.2) is 6.07 Å². The second kappa shape index (κ2) is 4.52. The number of anilines is 1. The Labute approximate surface area is 104 Å². The molecule has 1 fully saturated rings. The van der Waals surface area contributed by atoms with Crippen molar-refractivity contribution in [2.24, 2.45) is 5.92 Å². The van der Waals surface area contributed by atoms with Gasteiger partial charge in [0, 0.05) is 12.6 Å². The molecule has 1 amide bonds. The lowest BCUT2D eigenvalue weighted by atomic mass is 10.1. The second-order valence-corrected chi connectivity index (χ2v) is 3.99. The van der Waals surface area contributed by atoms with Gasteiger partial charge in [0.15, 0.2) is 23.3 Å². The lowest BCUT2D eigenvalue weighted by molar-refractivity contribution is -0.144. The highest BCUT2D eigenvalue weighted by Crippen LogP contribution is 2.32. The Morgan fingerprint density at radius 2 is 1.74 bits per heavy atom. The summed E-state index contributed by atoms with van der Waals surface area (Å²) in [4.78, 5) is 22.8. The molecule has 1 aliphatic heterocycles. The number of nitrogens with zero attached hydrogens (tertiary/aromatic N) is 1. The van der Waals surface area contributed by atoms with Crippen LogP contribution >= 0.6 is 0 Å². The van der Waals surface area contributed by atoms with Gasteiger partial charge in [-0.1, -0.05) is 0 Å². The van der Waals surface area contributed by atoms with Crippen LogP contribution in [0.4, 0.5) is 23.2 Å². The first-order valence-electron chi connectivity index (χ1n) is 5.21. The van der Waals surface area contributed by atoms with Gasteiger partial charge < -0.3 is 10.0 Å². The van der Waals surface area contributed by atoms with E-state index in [1.807, 2.05) is 0 Å². The Kier molecular flexibility index (Phi) is 3.17. The summed E-state index contributed by atoms with van der Waals surface area (Å²) >= 11 is 0. The summed E-state index contributed by atoms with van der Waals surface area (Å²) in [7, 11) is 0. The zero-order chi connectivity index (χ0) is 14.3. The van der Waals surface area contributed by atoms with Crippen LogP contribution in [-0.2, 0) is 9.59 Å². The molecular weight excluding hydrogens is 270 g/mol. The topological polar surface area (TPSA) is 57.6 Å². The monoisotopic (exact) mass is 277 g/mol. The fraction of sp³-hybridized carbons (Fsp3) is 0.273. The molecule has 8 heteroatoms. The normalized spacial score (nSPS) is 19.1. The first kappa shape index (κ1) is 13.3. The van der Waals surface area contributed by atoms with E-state index in [0.29, 0.717) is 4.90 Å². The van der Waals surface area contributed by atoms with Crippen LogP contribution in [0.5, 0.6) is 0 Å². The van der Waals surface area contributed by atoms with Crippen LogP contribution in [-0.4, -0.2) is 23.5 Å². The standard InChI is InChI=1S/C11H7F4NO3/c12-5-3-6(13)8(15)9(7(5)14)16-2-1-4(10(16)17)11(18)19/h3-4H,1-2H2,(H,18,19). The molecule has 1 aromatic carbocycles. The Hall–Kier alpha value is -2.12. The average Bonchev–Trinajstić information content (AvgIpc) is 2.70. The van der Waals surface area contributed by atoms with E-state index in [0.717, 1.165) is 0 Å². The number of halogens is 4. The third-order valence-corrected chi connectivity index (χ3v) is 2.86. The van der Waals surface area contributed by atoms with Crippen LogP contribution in [0, 0.1) is 29.2 Å². The molecule has 1 aromatic rings. The fourth-order valence-electron chi connectivity index (χ4n) is 1.93. The zero-order valence-electron chi connectivity index (χ0n) is 9.29. The SMILES string of the molecule is O=C(O)C1CCN(c2c(F)c(F)cc(F)c2F)C1=O. The Balaban J connectivity index is 2.50. The number of carboxylic acid groups (broad SMARTS) is 1. The van der Waals surface area contributed by atoms with Gasteiger partial charge in [0.25, 0.3) is 0 Å². The van der Waals surface area contributed by atoms with Gasteiger partial charge in [0.05, 0.1) is 0 Å². The van der Waals surface area contributed by atoms with E-state index < -0.39 is 46.8 Å². The quantitative estimate of drug-likeness (QED) is 0.508. The van der Waals surface area contributed by atoms with Crippen LogP contribution in [0.2, 0.25) is 0 Å². The van der Waals surface area contributed by atoms with Gasteiger partial charge >= 0.3 is 5.97 Å². The molecule has 0 saturated carbocycles. The minimum absolute atomic E-state index is 0.0173. The third-order valence-electron chi connectivity index (χ3n) is 2.86. The largest absolute Gasteiger partial charge is 0.481 e. The number of carbonyl (C=O) groups excluding carboxylic acids is 1. The molecule has 0 radical (unpaired) electrons. The predicted molar refractivity (Wildman–Crippen MR) is 54.4 cm³/mol. The molecule has 1 heterocycles. The molecule has 0 spiro atoms. The summed E-state index contributed by atoms with van der Waals surface area (Å²) in [6.45, 7) is -0.327. The van der Waals surface area contributed by atoms with Crippen molar-refractivity contribution in [1.82, 2.24) is 0 Å². The number of rotatable bonds is 2. The molecule has 102 valence electrons. The molecule has 19 heavy (non-hydrogen) atoms. The fourth-order valence-corrected chi connectivity index (χ4v) is 1.93. The van der Waals surface area contributed by atoms with Crippen molar-refractivity contribution in [1.29, 1.82) is 0 Å². The van der Waals surface area contributed by atoms with Crippen molar-refractivity contribution in [3.8, 4) is 0 Å². The number of benzene rings is 1. The van der Waals surface area contributed by atoms with Gasteiger partial charge in [-0.2, -0.15) is 0 Å². The van der Waals surface area contributed by atoms with Gasteiger partial charge in [-0.25, -0.2) is 17.6 Å². The highest BCUT2D eigenvalue weighted by molar-refractivity contribution is 6.07. The minimum atomic E-state index is -1.72. The highest BCUT2D eigenvalue weighted by Gasteiger charge is 2.40. The Morgan fingerprint density at radius 1 is 1.21 bits per heavy atom. The van der Waals surface area contributed by atoms with Gasteiger partial charge in [0.2, 0.25) is 5.91 Å². The van der Waals surface area contributed by atoms with Gasteiger partial charge in [-0.3, -0.25) is 9.59 Å². The van der Waals surface area contributed by atoms with E-state index in [2.05, 4.69) is 0 Å². The molecule has 1 unspecified atom stereocenters. The summed E-state index contributed by atoms with van der Waals surface area (Å²) in [6.07, 6.45) is -0.189. The van der Waals surface area contributed by atoms with Gasteiger partial charge in [-0.05, 0) is 6.42 Å². The number of amides is 1. The Morgan fingerprint density at radius 3 is 2.16 bits per heavy atom. The first-order valence-corrected chi connectivity index (χ1v) is 5.21. The Bertz CT molecular complexity index is 549. The maximum atomic E-state index is 13.5. The van der Waals surface area contributed by atoms with Crippen molar-refractivity contribution in [2.45, 2.75) is 6.42 Å². The van der Waals surface area contributed by atoms with Gasteiger partial charge in [-0.15, -0.1) is 0 Å². The number of hydrogen-bond donors (Lipinski definition) is 1. The summed E-state index contributed by atoms with van der Waals surface area (Å²) in [5.41, 5.74) is -1.19. The molecule has 2 rings (SSSR count). The summed E-state index contributed by atoms with van der Waals surface area (Å²) < 4.78 is 53.0. The van der Waals surface area contributed by atoms with E-state index in [-0.39, 0.29) is 19.0 Å². The van der Waals surface area contributed by atoms with Crippen LogP contribution in [0.25, 0.3) is 0 Å². The highest BCUT2D eigenvalue weighted by atomic mass is 19.2. The maximum absolute atomic E-state index is 13.5. The van der Waals surface area contributed by atoms with E-state index in [1.165, 1.54) is 0 Å². The van der Waals surface area contributed by atoms with Crippen molar-refractivity contribution in [3.05, 3.63) is 29.3 Å². The average molecular weight is 277 g/mol. The van der Waals surface area contributed by atoms with Crippen LogP contribution in [0.3, 0.4) is 0 Å². The van der Waals surface area contributed by atoms with Gasteiger partial charge in [0.1, 0.15) is 11.6 Å². The van der Waals surface area contributed by atoms with Crippen molar-refractivity contribution in [2.75, 3.05) is 11.4 Å². The lowest BCUT2D eigenvalue weighted by Crippen LogP contribution is -2.32. The molecule has 1 N–H and O–H groups in total. The molecule has 0 aromatic heterocycles. The van der Waals surface area contributed by atoms with E-state index >= 15 is 0 Å². The summed E-state index contributed by atoms with van der Waals surface area (Å²) in [6, 6.07) is 0.0173. The number of carbonyl (C=O) groups is 2. The summed E-state index contributed by atoms with van der Waals surface area (Å²) in [5, 5.41) is 8.71. The molecule has 1 atom stereocenters. The minimum Gasteiger partial charge on any atom is -0.481 e. The van der Waals surface area contributed by atoms with Crippen LogP contribution in [0.1, 0.15) is 6.42 Å². The van der Waals surface area contributed by atoms with E-state index in [4.69, 9.17) is 5.11 Å². The second-order valence-electron chi connectivity index (χ2n) is 3.99. The van der Waals surface area contributed by atoms with E-state index in [1.54, 1.807) is 0 Å². The number of hydrogen-bond acceptors (Lipinski definition) is 2. The lowest BCUT2D eigenvalue weighted by Gasteiger charge is -2.18. The molecule has 4 nitrogen and oxygen atoms in total. The van der Waals surface area contributed by atoms with Crippen molar-refractivity contribution >= 4 is 17.6 Å². The van der Waals surface area contributed by atoms with Crippen molar-refractivity contribution in [3.63, 3.8) is 0 Å². The number of aliphatic carboxylic acids is 1. The van der Waals surface area contributed by atoms with E-state index in [9.17, 15) is 27.2 Å². The first-order chi connectivity index (χ1) is 8.84. The predicted octanol–water partition coefficient (Wildman–Crippen LogP) is 1.68. The molecule has 1 aliphatic rings. The third kappa shape index (κ3) is 2.02. The summed E-state index contributed by atoms with van der Waals surface area (Å²) in [5.74, 6) is -10.8. The molecular formula is C11H7F4NO3.